The van der Waals surface area contributed by atoms with Crippen LogP contribution in [0.1, 0.15) is 31.4 Å². The zero-order valence-electron chi connectivity index (χ0n) is 15.1. The van der Waals surface area contributed by atoms with Crippen LogP contribution < -0.4 is 16.4 Å². The molecule has 1 heterocycles. The summed E-state index contributed by atoms with van der Waals surface area (Å²) >= 11 is 0. The molecule has 0 radical (unpaired) electrons. The predicted molar refractivity (Wildman–Crippen MR) is 108 cm³/mol. The first kappa shape index (κ1) is 17.7. The molecule has 0 saturated carbocycles. The third kappa shape index (κ3) is 4.30. The quantitative estimate of drug-likeness (QED) is 0.736. The number of allylic oxidation sites excluding steroid dienone is 1. The molecule has 0 aromatic heterocycles. The topological polar surface area (TPSA) is 79.5 Å². The van der Waals surface area contributed by atoms with Crippen molar-refractivity contribution in [2.75, 3.05) is 10.6 Å². The van der Waals surface area contributed by atoms with Crippen LogP contribution in [0, 0.1) is 0 Å². The van der Waals surface area contributed by atoms with Crippen LogP contribution >= 0.6 is 0 Å². The second kappa shape index (κ2) is 7.87. The summed E-state index contributed by atoms with van der Waals surface area (Å²) in [5.41, 5.74) is 11.5. The molecule has 134 valence electrons. The minimum atomic E-state index is 0.00375. The first-order chi connectivity index (χ1) is 12.5. The van der Waals surface area contributed by atoms with Gasteiger partial charge in [-0.05, 0) is 31.6 Å². The van der Waals surface area contributed by atoms with E-state index in [1.54, 1.807) is 0 Å². The van der Waals surface area contributed by atoms with E-state index in [0.29, 0.717) is 18.7 Å². The van der Waals surface area contributed by atoms with Gasteiger partial charge in [0.15, 0.2) is 0 Å². The number of nitrogens with two attached hydrogens (primary N) is 1. The van der Waals surface area contributed by atoms with Crippen LogP contribution in [-0.4, -0.2) is 17.7 Å². The number of amides is 1. The molecular formula is C21H24N4O. The van der Waals surface area contributed by atoms with Gasteiger partial charge in [0.1, 0.15) is 0 Å². The monoisotopic (exact) mass is 348 g/mol. The minimum Gasteiger partial charge on any atom is -0.398 e. The average molecular weight is 348 g/mol. The lowest BCUT2D eigenvalue weighted by Crippen LogP contribution is -2.19. The molecule has 5 heteroatoms. The van der Waals surface area contributed by atoms with Crippen molar-refractivity contribution in [3.05, 3.63) is 65.7 Å². The van der Waals surface area contributed by atoms with Crippen molar-refractivity contribution in [2.45, 2.75) is 32.9 Å². The largest absolute Gasteiger partial charge is 0.398 e. The summed E-state index contributed by atoms with van der Waals surface area (Å²) in [7, 11) is 0. The van der Waals surface area contributed by atoms with Crippen molar-refractivity contribution >= 4 is 28.7 Å². The number of carbonyl (C=O) groups excluding carboxylic acids is 1. The highest BCUT2D eigenvalue weighted by atomic mass is 16.1. The highest BCUT2D eigenvalue weighted by Crippen LogP contribution is 2.32. The molecule has 3 rings (SSSR count). The number of hydrogen-bond acceptors (Lipinski definition) is 4. The fraction of sp³-hybridized carbons (Fsp3) is 0.238. The van der Waals surface area contributed by atoms with Crippen molar-refractivity contribution in [3.63, 3.8) is 0 Å². The Kier molecular flexibility index (Phi) is 5.37. The van der Waals surface area contributed by atoms with Gasteiger partial charge in [0.2, 0.25) is 5.91 Å². The van der Waals surface area contributed by atoms with E-state index in [1.807, 2.05) is 56.3 Å². The fourth-order valence-corrected chi connectivity index (χ4v) is 2.98. The Morgan fingerprint density at radius 3 is 2.77 bits per heavy atom. The van der Waals surface area contributed by atoms with Crippen LogP contribution in [0.25, 0.3) is 5.70 Å². The zero-order chi connectivity index (χ0) is 18.5. The molecule has 2 aromatic rings. The van der Waals surface area contributed by atoms with E-state index in [0.717, 1.165) is 28.2 Å². The van der Waals surface area contributed by atoms with E-state index in [4.69, 9.17) is 5.73 Å². The Morgan fingerprint density at radius 2 is 2.00 bits per heavy atom. The van der Waals surface area contributed by atoms with Gasteiger partial charge in [0.25, 0.3) is 0 Å². The molecule has 26 heavy (non-hydrogen) atoms. The van der Waals surface area contributed by atoms with Crippen LogP contribution in [0.4, 0.5) is 11.4 Å². The Morgan fingerprint density at radius 1 is 1.23 bits per heavy atom. The third-order valence-corrected chi connectivity index (χ3v) is 4.25. The van der Waals surface area contributed by atoms with Gasteiger partial charge in [-0.2, -0.15) is 0 Å². The number of anilines is 2. The molecule has 1 aliphatic heterocycles. The summed E-state index contributed by atoms with van der Waals surface area (Å²) in [6, 6.07) is 15.9. The minimum absolute atomic E-state index is 0.00375. The molecular weight excluding hydrogens is 324 g/mol. The average Bonchev–Trinajstić information content (AvgIpc) is 2.76. The normalized spacial score (nSPS) is 17.8. The maximum Gasteiger partial charge on any atom is 0.226 e. The number of hydrogen-bond donors (Lipinski definition) is 3. The number of para-hydroxylation sites is 1. The molecule has 0 saturated heterocycles. The van der Waals surface area contributed by atoms with Gasteiger partial charge in [-0.25, -0.2) is 0 Å². The van der Waals surface area contributed by atoms with Gasteiger partial charge in [0, 0.05) is 29.4 Å². The van der Waals surface area contributed by atoms with E-state index in [9.17, 15) is 4.79 Å². The Labute approximate surface area is 154 Å². The number of rotatable bonds is 4. The van der Waals surface area contributed by atoms with E-state index >= 15 is 0 Å². The predicted octanol–water partition coefficient (Wildman–Crippen LogP) is 3.79. The molecule has 0 spiro atoms. The number of fused-ring (bicyclic) bond motifs is 1. The van der Waals surface area contributed by atoms with E-state index in [2.05, 4.69) is 27.8 Å². The fourth-order valence-electron chi connectivity index (χ4n) is 2.98. The van der Waals surface area contributed by atoms with E-state index in [-0.39, 0.29) is 11.9 Å². The molecule has 0 aliphatic carbocycles. The maximum atomic E-state index is 11.9. The lowest BCUT2D eigenvalue weighted by molar-refractivity contribution is -0.116. The third-order valence-electron chi connectivity index (χ3n) is 4.25. The van der Waals surface area contributed by atoms with Gasteiger partial charge >= 0.3 is 0 Å². The lowest BCUT2D eigenvalue weighted by atomic mass is 10.1. The summed E-state index contributed by atoms with van der Waals surface area (Å²) in [6.07, 6.45) is 2.30. The van der Waals surface area contributed by atoms with E-state index in [1.165, 1.54) is 0 Å². The Bertz CT molecular complexity index is 856. The zero-order valence-corrected chi connectivity index (χ0v) is 15.1. The molecule has 0 unspecified atom stereocenters. The highest BCUT2D eigenvalue weighted by Gasteiger charge is 2.20. The van der Waals surface area contributed by atoms with Crippen LogP contribution in [0.15, 0.2) is 59.6 Å². The van der Waals surface area contributed by atoms with Gasteiger partial charge in [0.05, 0.1) is 17.9 Å². The van der Waals surface area contributed by atoms with E-state index < -0.39 is 0 Å². The van der Waals surface area contributed by atoms with Crippen LogP contribution in [0.2, 0.25) is 0 Å². The van der Waals surface area contributed by atoms with Gasteiger partial charge in [-0.3, -0.25) is 9.79 Å². The molecule has 1 aliphatic rings. The van der Waals surface area contributed by atoms with Crippen molar-refractivity contribution in [2.24, 2.45) is 10.7 Å². The molecule has 4 N–H and O–H groups in total. The maximum absolute atomic E-state index is 11.9. The van der Waals surface area contributed by atoms with Gasteiger partial charge in [-0.15, -0.1) is 0 Å². The molecule has 1 amide bonds. The highest BCUT2D eigenvalue weighted by molar-refractivity contribution is 6.03. The molecule has 5 nitrogen and oxygen atoms in total. The van der Waals surface area contributed by atoms with Crippen LogP contribution in [0.5, 0.6) is 0 Å². The van der Waals surface area contributed by atoms with Crippen molar-refractivity contribution in [1.29, 1.82) is 0 Å². The standard InChI is InChI=1S/C21H24N4O/c1-14(23-13-16-7-4-3-5-8-16)11-18(22)17-9-6-10-19-21(17)24-15(2)12-20(26)25-19/h3-11,15,24H,12-13,22H2,1-2H3,(H,25,26)/b18-11-,23-14?/t15-/m1/s1. The molecule has 2 aromatic carbocycles. The summed E-state index contributed by atoms with van der Waals surface area (Å²) in [5.74, 6) is 0.00375. The number of carbonyl (C=O) groups is 1. The van der Waals surface area contributed by atoms with Gasteiger partial charge in [-0.1, -0.05) is 42.5 Å². The van der Waals surface area contributed by atoms with Crippen molar-refractivity contribution in [1.82, 2.24) is 0 Å². The van der Waals surface area contributed by atoms with Gasteiger partial charge < -0.3 is 16.4 Å². The number of nitrogens with zero attached hydrogens (tertiary/aromatic N) is 1. The summed E-state index contributed by atoms with van der Waals surface area (Å²) in [4.78, 5) is 16.5. The number of nitrogens with one attached hydrogen (secondary N) is 2. The lowest BCUT2D eigenvalue weighted by Gasteiger charge is -2.16. The van der Waals surface area contributed by atoms with Crippen LogP contribution in [-0.2, 0) is 11.3 Å². The number of benzene rings is 2. The smallest absolute Gasteiger partial charge is 0.226 e. The number of aliphatic imine (C=N–C) groups is 1. The second-order valence-corrected chi connectivity index (χ2v) is 6.57. The molecule has 1 atom stereocenters. The summed E-state index contributed by atoms with van der Waals surface area (Å²) < 4.78 is 0. The molecule has 0 bridgehead atoms. The Balaban J connectivity index is 1.85. The summed E-state index contributed by atoms with van der Waals surface area (Å²) in [5, 5.41) is 6.32. The van der Waals surface area contributed by atoms with Crippen molar-refractivity contribution in [3.8, 4) is 0 Å². The molecule has 0 fully saturated rings. The van der Waals surface area contributed by atoms with Crippen LogP contribution in [0.3, 0.4) is 0 Å². The Hall–Kier alpha value is -3.08. The SMILES string of the molecule is CC(/C=C(\N)c1cccc2c1N[C@H](C)CC(=O)N2)=NCc1ccccc1. The second-order valence-electron chi connectivity index (χ2n) is 6.57. The first-order valence-electron chi connectivity index (χ1n) is 8.75. The summed E-state index contributed by atoms with van der Waals surface area (Å²) in [6.45, 7) is 4.54. The first-order valence-corrected chi connectivity index (χ1v) is 8.75. The van der Waals surface area contributed by atoms with Crippen molar-refractivity contribution < 1.29 is 4.79 Å².